The van der Waals surface area contributed by atoms with Crippen molar-refractivity contribution in [2.24, 2.45) is 0 Å². The van der Waals surface area contributed by atoms with Gasteiger partial charge in [0.05, 0.1) is 17.9 Å². The van der Waals surface area contributed by atoms with Crippen LogP contribution in [-0.4, -0.2) is 27.1 Å². The summed E-state index contributed by atoms with van der Waals surface area (Å²) in [5.74, 6) is 2.42. The third-order valence-corrected chi connectivity index (χ3v) is 3.18. The Hall–Kier alpha value is -2.14. The van der Waals surface area contributed by atoms with Gasteiger partial charge in [-0.05, 0) is 25.1 Å². The Kier molecular flexibility index (Phi) is 6.10. The first-order valence-corrected chi connectivity index (χ1v) is 10.4. The standard InChI is InChI=1S/C15H18F3NO3Si/c1-5-21-14(20)19-13-7-6-12(22-15(16,17)18)10-11(13)8-9-23(2,3)4/h6-7,10H,5H2,1-4H3,(H,19,20). The molecule has 0 unspecified atom stereocenters. The SMILES string of the molecule is CCOC(=O)Nc1ccc(OC(F)(F)F)cc1C#C[Si](C)(C)C. The summed E-state index contributed by atoms with van der Waals surface area (Å²) in [5, 5.41) is 2.45. The van der Waals surface area contributed by atoms with Crippen molar-refractivity contribution in [1.82, 2.24) is 0 Å². The molecule has 0 spiro atoms. The Morgan fingerprint density at radius 2 is 1.96 bits per heavy atom. The summed E-state index contributed by atoms with van der Waals surface area (Å²) in [5.41, 5.74) is 3.54. The summed E-state index contributed by atoms with van der Waals surface area (Å²) in [4.78, 5) is 11.5. The molecule has 0 saturated carbocycles. The molecule has 1 aromatic rings. The maximum absolute atomic E-state index is 12.3. The maximum Gasteiger partial charge on any atom is 0.573 e. The summed E-state index contributed by atoms with van der Waals surface area (Å²) in [6.45, 7) is 7.81. The zero-order valence-corrected chi connectivity index (χ0v) is 14.3. The highest BCUT2D eigenvalue weighted by atomic mass is 28.3. The van der Waals surface area contributed by atoms with E-state index in [9.17, 15) is 18.0 Å². The predicted molar refractivity (Wildman–Crippen MR) is 84.0 cm³/mol. The number of halogens is 3. The Bertz CT molecular complexity index is 628. The monoisotopic (exact) mass is 345 g/mol. The van der Waals surface area contributed by atoms with Gasteiger partial charge in [-0.1, -0.05) is 25.6 Å². The number of hydrogen-bond donors (Lipinski definition) is 1. The van der Waals surface area contributed by atoms with Gasteiger partial charge in [-0.15, -0.1) is 18.7 Å². The van der Waals surface area contributed by atoms with E-state index in [2.05, 4.69) is 21.5 Å². The summed E-state index contributed by atoms with van der Waals surface area (Å²) in [6, 6.07) is 3.54. The number of carbonyl (C=O) groups is 1. The molecule has 0 aromatic heterocycles. The van der Waals surface area contributed by atoms with Crippen LogP contribution in [0, 0.1) is 11.5 Å². The number of rotatable bonds is 3. The van der Waals surface area contributed by atoms with E-state index in [0.29, 0.717) is 0 Å². The molecule has 0 radical (unpaired) electrons. The van der Waals surface area contributed by atoms with E-state index >= 15 is 0 Å². The van der Waals surface area contributed by atoms with Gasteiger partial charge in [0.2, 0.25) is 0 Å². The normalized spacial score (nSPS) is 11.3. The Morgan fingerprint density at radius 1 is 1.30 bits per heavy atom. The van der Waals surface area contributed by atoms with Crippen molar-refractivity contribution in [1.29, 1.82) is 0 Å². The predicted octanol–water partition coefficient (Wildman–Crippen LogP) is 4.38. The molecule has 0 fully saturated rings. The molecule has 4 nitrogen and oxygen atoms in total. The van der Waals surface area contributed by atoms with Crippen molar-refractivity contribution in [3.8, 4) is 17.2 Å². The third kappa shape index (κ3) is 7.60. The van der Waals surface area contributed by atoms with Crippen LogP contribution in [0.4, 0.5) is 23.7 Å². The maximum atomic E-state index is 12.3. The van der Waals surface area contributed by atoms with Crippen LogP contribution in [0.2, 0.25) is 19.6 Å². The molecule has 0 aliphatic rings. The summed E-state index contributed by atoms with van der Waals surface area (Å²) in [7, 11) is -1.75. The Labute approximate surface area is 134 Å². The minimum absolute atomic E-state index is 0.178. The molecule has 23 heavy (non-hydrogen) atoms. The van der Waals surface area contributed by atoms with Crippen molar-refractivity contribution in [2.45, 2.75) is 32.9 Å². The van der Waals surface area contributed by atoms with Crippen LogP contribution in [-0.2, 0) is 4.74 Å². The molecule has 0 heterocycles. The summed E-state index contributed by atoms with van der Waals surface area (Å²) in [6.07, 6.45) is -5.49. The fourth-order valence-corrected chi connectivity index (χ4v) is 1.97. The first-order valence-electron chi connectivity index (χ1n) is 6.87. The molecule has 0 aliphatic heterocycles. The highest BCUT2D eigenvalue weighted by Crippen LogP contribution is 2.27. The van der Waals surface area contributed by atoms with Crippen molar-refractivity contribution < 1.29 is 27.4 Å². The van der Waals surface area contributed by atoms with Crippen molar-refractivity contribution in [3.63, 3.8) is 0 Å². The first-order chi connectivity index (χ1) is 10.5. The fraction of sp³-hybridized carbons (Fsp3) is 0.400. The van der Waals surface area contributed by atoms with Crippen molar-refractivity contribution in [2.75, 3.05) is 11.9 Å². The van der Waals surface area contributed by atoms with E-state index in [-0.39, 0.29) is 17.9 Å². The third-order valence-electron chi connectivity index (χ3n) is 2.31. The van der Waals surface area contributed by atoms with Crippen LogP contribution in [0.3, 0.4) is 0 Å². The minimum Gasteiger partial charge on any atom is -0.450 e. The zero-order valence-electron chi connectivity index (χ0n) is 13.3. The zero-order chi connectivity index (χ0) is 17.7. The van der Waals surface area contributed by atoms with Crippen LogP contribution < -0.4 is 10.1 Å². The van der Waals surface area contributed by atoms with Gasteiger partial charge in [-0.25, -0.2) is 4.79 Å². The fourth-order valence-electron chi connectivity index (χ4n) is 1.46. The molecule has 8 heteroatoms. The average molecular weight is 345 g/mol. The van der Waals surface area contributed by atoms with Gasteiger partial charge in [0.15, 0.2) is 0 Å². The number of anilines is 1. The van der Waals surface area contributed by atoms with Crippen molar-refractivity contribution >= 4 is 19.9 Å². The molecule has 0 bridgehead atoms. The van der Waals surface area contributed by atoms with E-state index in [1.807, 2.05) is 19.6 Å². The number of alkyl halides is 3. The van der Waals surface area contributed by atoms with Crippen LogP contribution in [0.5, 0.6) is 5.75 Å². The van der Waals surface area contributed by atoms with Gasteiger partial charge in [0.1, 0.15) is 13.8 Å². The van der Waals surface area contributed by atoms with Crippen LogP contribution >= 0.6 is 0 Å². The van der Waals surface area contributed by atoms with E-state index in [4.69, 9.17) is 4.74 Å². The average Bonchev–Trinajstić information content (AvgIpc) is 2.36. The second-order valence-corrected chi connectivity index (χ2v) is 10.4. The molecular weight excluding hydrogens is 327 g/mol. The topological polar surface area (TPSA) is 47.6 Å². The second kappa shape index (κ2) is 7.42. The number of amides is 1. The largest absolute Gasteiger partial charge is 0.573 e. The summed E-state index contributed by atoms with van der Waals surface area (Å²) < 4.78 is 45.6. The Balaban J connectivity index is 3.17. The lowest BCUT2D eigenvalue weighted by atomic mass is 10.2. The van der Waals surface area contributed by atoms with E-state index < -0.39 is 26.3 Å². The molecule has 1 N–H and O–H groups in total. The molecule has 1 amide bonds. The second-order valence-electron chi connectivity index (χ2n) is 5.60. The molecule has 0 saturated heterocycles. The van der Waals surface area contributed by atoms with E-state index in [0.717, 1.165) is 12.1 Å². The van der Waals surface area contributed by atoms with Gasteiger partial charge in [-0.2, -0.15) is 0 Å². The molecular formula is C15H18F3NO3Si. The van der Waals surface area contributed by atoms with Gasteiger partial charge < -0.3 is 9.47 Å². The van der Waals surface area contributed by atoms with Crippen LogP contribution in [0.25, 0.3) is 0 Å². The minimum atomic E-state index is -4.79. The number of nitrogens with one attached hydrogen (secondary N) is 1. The van der Waals surface area contributed by atoms with E-state index in [1.165, 1.54) is 6.07 Å². The smallest absolute Gasteiger partial charge is 0.450 e. The lowest BCUT2D eigenvalue weighted by Crippen LogP contribution is -2.18. The Morgan fingerprint density at radius 3 is 2.48 bits per heavy atom. The van der Waals surface area contributed by atoms with Gasteiger partial charge in [-0.3, -0.25) is 5.32 Å². The number of ether oxygens (including phenoxy) is 2. The van der Waals surface area contributed by atoms with Gasteiger partial charge in [0, 0.05) is 0 Å². The number of benzene rings is 1. The van der Waals surface area contributed by atoms with Gasteiger partial charge >= 0.3 is 12.5 Å². The first kappa shape index (κ1) is 18.9. The summed E-state index contributed by atoms with van der Waals surface area (Å²) >= 11 is 0. The lowest BCUT2D eigenvalue weighted by molar-refractivity contribution is -0.274. The molecule has 0 atom stereocenters. The molecule has 0 aliphatic carbocycles. The lowest BCUT2D eigenvalue weighted by Gasteiger charge is -2.12. The highest BCUT2D eigenvalue weighted by Gasteiger charge is 2.31. The van der Waals surface area contributed by atoms with Crippen LogP contribution in [0.15, 0.2) is 18.2 Å². The molecule has 1 rings (SSSR count). The van der Waals surface area contributed by atoms with Crippen LogP contribution in [0.1, 0.15) is 12.5 Å². The van der Waals surface area contributed by atoms with E-state index in [1.54, 1.807) is 6.92 Å². The quantitative estimate of drug-likeness (QED) is 0.653. The molecule has 1 aromatic carbocycles. The highest BCUT2D eigenvalue weighted by molar-refractivity contribution is 6.83. The number of carbonyl (C=O) groups excluding carboxylic acids is 1. The van der Waals surface area contributed by atoms with Gasteiger partial charge in [0.25, 0.3) is 0 Å². The molecule has 126 valence electrons. The number of hydrogen-bond acceptors (Lipinski definition) is 3. The van der Waals surface area contributed by atoms with Crippen molar-refractivity contribution in [3.05, 3.63) is 23.8 Å².